The van der Waals surface area contributed by atoms with Crippen molar-refractivity contribution in [1.29, 1.82) is 0 Å². The first-order valence-electron chi connectivity index (χ1n) is 6.05. The molecule has 0 aliphatic heterocycles. The number of rotatable bonds is 3. The average Bonchev–Trinajstić information content (AvgIpc) is 2.67. The van der Waals surface area contributed by atoms with E-state index in [0.717, 1.165) is 6.42 Å². The van der Waals surface area contributed by atoms with Gasteiger partial charge in [0.1, 0.15) is 0 Å². The summed E-state index contributed by atoms with van der Waals surface area (Å²) in [5, 5.41) is 7.52. The summed E-state index contributed by atoms with van der Waals surface area (Å²) in [4.78, 5) is 0. The van der Waals surface area contributed by atoms with E-state index in [2.05, 4.69) is 16.3 Å². The molecule has 0 aromatic carbocycles. The van der Waals surface area contributed by atoms with Crippen LogP contribution in [0.4, 0.5) is 0 Å². The van der Waals surface area contributed by atoms with E-state index in [-0.39, 0.29) is 6.04 Å². The van der Waals surface area contributed by atoms with Gasteiger partial charge >= 0.3 is 0 Å². The molecule has 1 heterocycles. The van der Waals surface area contributed by atoms with Gasteiger partial charge < -0.3 is 5.73 Å². The van der Waals surface area contributed by atoms with Crippen molar-refractivity contribution >= 4 is 0 Å². The molecule has 0 amide bonds. The highest BCUT2D eigenvalue weighted by molar-refractivity contribution is 5.14. The molecular weight excluding hydrogens is 186 g/mol. The quantitative estimate of drug-likeness (QED) is 0.799. The van der Waals surface area contributed by atoms with Crippen molar-refractivity contribution in [2.24, 2.45) is 5.73 Å². The first-order chi connectivity index (χ1) is 7.25. The molecule has 1 fully saturated rings. The van der Waals surface area contributed by atoms with E-state index in [9.17, 15) is 0 Å². The molecular formula is C12H21N3. The van der Waals surface area contributed by atoms with Gasteiger partial charge in [-0.25, -0.2) is 0 Å². The van der Waals surface area contributed by atoms with Crippen LogP contribution in [0.15, 0.2) is 6.07 Å². The Kier molecular flexibility index (Phi) is 3.41. The van der Waals surface area contributed by atoms with Crippen LogP contribution in [-0.2, 0) is 6.42 Å². The van der Waals surface area contributed by atoms with Crippen LogP contribution < -0.4 is 5.73 Å². The summed E-state index contributed by atoms with van der Waals surface area (Å²) in [6.07, 6.45) is 7.64. The average molecular weight is 207 g/mol. The van der Waals surface area contributed by atoms with Gasteiger partial charge in [0.05, 0.1) is 5.69 Å². The molecule has 2 rings (SSSR count). The highest BCUT2D eigenvalue weighted by Gasteiger charge is 2.18. The van der Waals surface area contributed by atoms with E-state index in [1.165, 1.54) is 43.5 Å². The molecule has 84 valence electrons. The zero-order valence-corrected chi connectivity index (χ0v) is 9.50. The lowest BCUT2D eigenvalue weighted by Crippen LogP contribution is -2.17. The standard InChI is InChI=1S/C12H21N3/c1-9(13)7-11-8-12(15-14-11)10-5-3-2-4-6-10/h8-10H,2-7,13H2,1H3,(H,14,15). The Labute approximate surface area is 91.4 Å². The van der Waals surface area contributed by atoms with Crippen molar-refractivity contribution in [2.75, 3.05) is 0 Å². The number of nitrogens with two attached hydrogens (primary N) is 1. The molecule has 1 aromatic heterocycles. The molecule has 3 N–H and O–H groups in total. The molecule has 3 nitrogen and oxygen atoms in total. The van der Waals surface area contributed by atoms with Crippen LogP contribution in [0.3, 0.4) is 0 Å². The maximum atomic E-state index is 5.76. The Morgan fingerprint density at radius 2 is 2.20 bits per heavy atom. The summed E-state index contributed by atoms with van der Waals surface area (Å²) >= 11 is 0. The van der Waals surface area contributed by atoms with Crippen LogP contribution in [0.2, 0.25) is 0 Å². The van der Waals surface area contributed by atoms with Crippen molar-refractivity contribution < 1.29 is 0 Å². The first kappa shape index (κ1) is 10.7. The molecule has 0 spiro atoms. The third-order valence-corrected chi connectivity index (χ3v) is 3.22. The Balaban J connectivity index is 1.99. The van der Waals surface area contributed by atoms with Crippen molar-refractivity contribution in [3.63, 3.8) is 0 Å². The van der Waals surface area contributed by atoms with E-state index in [4.69, 9.17) is 5.73 Å². The van der Waals surface area contributed by atoms with E-state index in [1.807, 2.05) is 6.92 Å². The van der Waals surface area contributed by atoms with Crippen molar-refractivity contribution in [1.82, 2.24) is 10.2 Å². The lowest BCUT2D eigenvalue weighted by Gasteiger charge is -2.19. The van der Waals surface area contributed by atoms with Crippen LogP contribution in [0.25, 0.3) is 0 Å². The molecule has 1 saturated carbocycles. The molecule has 1 aliphatic carbocycles. The van der Waals surface area contributed by atoms with Gasteiger partial charge in [0.2, 0.25) is 0 Å². The van der Waals surface area contributed by atoms with Crippen LogP contribution in [0.1, 0.15) is 56.3 Å². The number of nitrogens with zero attached hydrogens (tertiary/aromatic N) is 1. The second-order valence-corrected chi connectivity index (χ2v) is 4.83. The second-order valence-electron chi connectivity index (χ2n) is 4.83. The van der Waals surface area contributed by atoms with E-state index < -0.39 is 0 Å². The predicted octanol–water partition coefficient (Wildman–Crippen LogP) is 2.35. The number of hydrogen-bond acceptors (Lipinski definition) is 2. The van der Waals surface area contributed by atoms with Crippen LogP contribution >= 0.6 is 0 Å². The van der Waals surface area contributed by atoms with Crippen molar-refractivity contribution in [3.05, 3.63) is 17.5 Å². The summed E-state index contributed by atoms with van der Waals surface area (Å²) < 4.78 is 0. The van der Waals surface area contributed by atoms with Crippen LogP contribution in [0, 0.1) is 0 Å². The summed E-state index contributed by atoms with van der Waals surface area (Å²) in [5.41, 5.74) is 8.21. The van der Waals surface area contributed by atoms with E-state index >= 15 is 0 Å². The number of nitrogens with one attached hydrogen (secondary N) is 1. The molecule has 1 atom stereocenters. The summed E-state index contributed by atoms with van der Waals surface area (Å²) in [7, 11) is 0. The van der Waals surface area contributed by atoms with E-state index in [1.54, 1.807) is 0 Å². The topological polar surface area (TPSA) is 54.7 Å². The molecule has 1 aromatic rings. The Hall–Kier alpha value is -0.830. The highest BCUT2D eigenvalue weighted by atomic mass is 15.1. The maximum absolute atomic E-state index is 5.76. The molecule has 0 radical (unpaired) electrons. The van der Waals surface area contributed by atoms with Crippen LogP contribution in [-0.4, -0.2) is 16.2 Å². The van der Waals surface area contributed by atoms with Gasteiger partial charge in [0.15, 0.2) is 0 Å². The predicted molar refractivity (Wildman–Crippen MR) is 61.8 cm³/mol. The number of hydrogen-bond donors (Lipinski definition) is 2. The summed E-state index contributed by atoms with van der Waals surface area (Å²) in [5.74, 6) is 0.692. The van der Waals surface area contributed by atoms with Gasteiger partial charge in [0.25, 0.3) is 0 Å². The van der Waals surface area contributed by atoms with Crippen molar-refractivity contribution in [2.45, 2.75) is 57.4 Å². The van der Waals surface area contributed by atoms with Crippen LogP contribution in [0.5, 0.6) is 0 Å². The molecule has 0 bridgehead atoms. The molecule has 1 unspecified atom stereocenters. The number of H-pyrrole nitrogens is 1. The van der Waals surface area contributed by atoms with Crippen molar-refractivity contribution in [3.8, 4) is 0 Å². The summed E-state index contributed by atoms with van der Waals surface area (Å²) in [6, 6.07) is 2.42. The SMILES string of the molecule is CC(N)Cc1cc(C2CCCCC2)n[nH]1. The minimum absolute atomic E-state index is 0.213. The lowest BCUT2D eigenvalue weighted by molar-refractivity contribution is 0.436. The molecule has 15 heavy (non-hydrogen) atoms. The molecule has 1 aliphatic rings. The van der Waals surface area contributed by atoms with E-state index in [0.29, 0.717) is 5.92 Å². The minimum atomic E-state index is 0.213. The third-order valence-electron chi connectivity index (χ3n) is 3.22. The highest BCUT2D eigenvalue weighted by Crippen LogP contribution is 2.31. The zero-order valence-electron chi connectivity index (χ0n) is 9.50. The Morgan fingerprint density at radius 1 is 1.47 bits per heavy atom. The normalized spacial score (nSPS) is 20.4. The summed E-state index contributed by atoms with van der Waals surface area (Å²) in [6.45, 7) is 2.03. The fraction of sp³-hybridized carbons (Fsp3) is 0.750. The molecule has 0 saturated heterocycles. The van der Waals surface area contributed by atoms with Gasteiger partial charge in [-0.3, -0.25) is 5.10 Å². The zero-order chi connectivity index (χ0) is 10.7. The van der Waals surface area contributed by atoms with Gasteiger partial charge in [-0.05, 0) is 25.8 Å². The third kappa shape index (κ3) is 2.81. The number of aromatic nitrogens is 2. The molecule has 3 heteroatoms. The Bertz CT molecular complexity index is 298. The second kappa shape index (κ2) is 4.79. The largest absolute Gasteiger partial charge is 0.328 e. The first-order valence-corrected chi connectivity index (χ1v) is 6.05. The smallest absolute Gasteiger partial charge is 0.0655 e. The Morgan fingerprint density at radius 3 is 2.87 bits per heavy atom. The van der Waals surface area contributed by atoms with Gasteiger partial charge in [-0.2, -0.15) is 5.10 Å². The van der Waals surface area contributed by atoms with Gasteiger partial charge in [-0.15, -0.1) is 0 Å². The monoisotopic (exact) mass is 207 g/mol. The maximum Gasteiger partial charge on any atom is 0.0655 e. The number of aromatic amines is 1. The lowest BCUT2D eigenvalue weighted by atomic mass is 9.87. The van der Waals surface area contributed by atoms with Gasteiger partial charge in [-0.1, -0.05) is 19.3 Å². The fourth-order valence-electron chi connectivity index (χ4n) is 2.44. The fourth-order valence-corrected chi connectivity index (χ4v) is 2.44. The minimum Gasteiger partial charge on any atom is -0.328 e. The van der Waals surface area contributed by atoms with Gasteiger partial charge in [0, 0.05) is 24.1 Å².